The van der Waals surface area contributed by atoms with Crippen molar-refractivity contribution in [3.63, 3.8) is 0 Å². The second kappa shape index (κ2) is 9.09. The summed E-state index contributed by atoms with van der Waals surface area (Å²) in [7, 11) is 0. The summed E-state index contributed by atoms with van der Waals surface area (Å²) in [6.07, 6.45) is 3.83. The van der Waals surface area contributed by atoms with Crippen LogP contribution in [0.2, 0.25) is 0 Å². The van der Waals surface area contributed by atoms with Crippen LogP contribution >= 0.6 is 0 Å². The normalized spacial score (nSPS) is 16.8. The molecular formula is C23H27N3O3. The van der Waals surface area contributed by atoms with E-state index in [1.165, 1.54) is 19.3 Å². The monoisotopic (exact) mass is 393 g/mol. The molecule has 29 heavy (non-hydrogen) atoms. The molecule has 0 bridgehead atoms. The minimum Gasteiger partial charge on any atom is -0.482 e. The molecule has 0 aliphatic carbocycles. The summed E-state index contributed by atoms with van der Waals surface area (Å²) >= 11 is 0. The summed E-state index contributed by atoms with van der Waals surface area (Å²) in [5.74, 6) is 0.599. The number of benzene rings is 2. The van der Waals surface area contributed by atoms with E-state index in [4.69, 9.17) is 4.74 Å². The van der Waals surface area contributed by atoms with E-state index in [0.29, 0.717) is 18.7 Å². The molecule has 0 atom stereocenters. The summed E-state index contributed by atoms with van der Waals surface area (Å²) in [4.78, 5) is 28.8. The highest BCUT2D eigenvalue weighted by Gasteiger charge is 2.25. The van der Waals surface area contributed by atoms with Crippen molar-refractivity contribution in [3.05, 3.63) is 59.7 Å². The van der Waals surface area contributed by atoms with Gasteiger partial charge in [0.1, 0.15) is 5.75 Å². The fourth-order valence-corrected chi connectivity index (χ4v) is 3.88. The first-order valence-corrected chi connectivity index (χ1v) is 10.3. The van der Waals surface area contributed by atoms with Gasteiger partial charge in [-0.1, -0.05) is 30.7 Å². The Labute approximate surface area is 171 Å². The van der Waals surface area contributed by atoms with Crippen molar-refractivity contribution in [2.45, 2.75) is 25.8 Å². The number of likely N-dealkylation sites (tertiary alicyclic amines) is 1. The Morgan fingerprint density at radius 2 is 1.76 bits per heavy atom. The average molecular weight is 393 g/mol. The van der Waals surface area contributed by atoms with Crippen LogP contribution in [0.25, 0.3) is 0 Å². The van der Waals surface area contributed by atoms with Crippen molar-refractivity contribution in [2.24, 2.45) is 0 Å². The molecule has 0 saturated carbocycles. The van der Waals surface area contributed by atoms with E-state index >= 15 is 0 Å². The maximum absolute atomic E-state index is 12.4. The molecular weight excluding hydrogens is 366 g/mol. The number of amides is 2. The zero-order valence-corrected chi connectivity index (χ0v) is 16.6. The number of carbonyl (C=O) groups is 2. The van der Waals surface area contributed by atoms with Gasteiger partial charge in [0.25, 0.3) is 11.8 Å². The van der Waals surface area contributed by atoms with Gasteiger partial charge in [0.2, 0.25) is 0 Å². The molecule has 1 N–H and O–H groups in total. The highest BCUT2D eigenvalue weighted by Crippen LogP contribution is 2.32. The fourth-order valence-electron chi connectivity index (χ4n) is 3.88. The Kier molecular flexibility index (Phi) is 6.10. The van der Waals surface area contributed by atoms with E-state index < -0.39 is 0 Å². The molecule has 2 aromatic rings. The Bertz CT molecular complexity index is 860. The topological polar surface area (TPSA) is 61.9 Å². The maximum Gasteiger partial charge on any atom is 0.265 e. The number of hydrogen-bond acceptors (Lipinski definition) is 4. The van der Waals surface area contributed by atoms with E-state index in [1.54, 1.807) is 4.90 Å². The predicted octanol–water partition coefficient (Wildman–Crippen LogP) is 2.83. The number of nitrogens with zero attached hydrogens (tertiary/aromatic N) is 2. The van der Waals surface area contributed by atoms with E-state index in [1.807, 2.05) is 48.5 Å². The Balaban J connectivity index is 1.33. The first kappa shape index (κ1) is 19.5. The summed E-state index contributed by atoms with van der Waals surface area (Å²) in [5, 5.41) is 3.01. The molecule has 2 amide bonds. The number of rotatable bonds is 6. The molecule has 0 spiro atoms. The third kappa shape index (κ3) is 4.77. The molecule has 0 aromatic heterocycles. The first-order valence-electron chi connectivity index (χ1n) is 10.3. The van der Waals surface area contributed by atoms with Crippen LogP contribution in [0.15, 0.2) is 48.5 Å². The van der Waals surface area contributed by atoms with Crippen molar-refractivity contribution in [1.82, 2.24) is 10.2 Å². The molecule has 152 valence electrons. The third-order valence-electron chi connectivity index (χ3n) is 5.53. The van der Waals surface area contributed by atoms with Crippen molar-refractivity contribution >= 4 is 17.5 Å². The quantitative estimate of drug-likeness (QED) is 0.820. The highest BCUT2D eigenvalue weighted by molar-refractivity contribution is 5.98. The van der Waals surface area contributed by atoms with Crippen LogP contribution in [0.5, 0.6) is 5.75 Å². The minimum atomic E-state index is -0.0665. The van der Waals surface area contributed by atoms with Gasteiger partial charge < -0.3 is 19.9 Å². The molecule has 1 saturated heterocycles. The van der Waals surface area contributed by atoms with Crippen molar-refractivity contribution in [3.8, 4) is 5.75 Å². The lowest BCUT2D eigenvalue weighted by Crippen LogP contribution is -2.38. The van der Waals surface area contributed by atoms with Gasteiger partial charge in [-0.2, -0.15) is 0 Å². The first-order chi connectivity index (χ1) is 14.2. The van der Waals surface area contributed by atoms with Crippen LogP contribution in [0, 0.1) is 0 Å². The number of ether oxygens (including phenoxy) is 1. The van der Waals surface area contributed by atoms with Gasteiger partial charge >= 0.3 is 0 Å². The van der Waals surface area contributed by atoms with Crippen LogP contribution in [-0.4, -0.2) is 49.5 Å². The number of anilines is 1. The van der Waals surface area contributed by atoms with E-state index in [2.05, 4.69) is 10.2 Å². The van der Waals surface area contributed by atoms with Gasteiger partial charge in [-0.25, -0.2) is 0 Å². The number of para-hydroxylation sites is 2. The average Bonchev–Trinajstić information content (AvgIpc) is 2.77. The van der Waals surface area contributed by atoms with Crippen molar-refractivity contribution in [2.75, 3.05) is 37.7 Å². The van der Waals surface area contributed by atoms with Gasteiger partial charge in [-0.15, -0.1) is 0 Å². The fraction of sp³-hybridized carbons (Fsp3) is 0.391. The molecule has 6 heteroatoms. The molecule has 2 aromatic carbocycles. The lowest BCUT2D eigenvalue weighted by Gasteiger charge is -2.29. The molecule has 0 radical (unpaired) electrons. The molecule has 0 unspecified atom stereocenters. The van der Waals surface area contributed by atoms with Crippen LogP contribution in [-0.2, 0) is 11.3 Å². The summed E-state index contributed by atoms with van der Waals surface area (Å²) in [6.45, 7) is 4.34. The Morgan fingerprint density at radius 1 is 1.00 bits per heavy atom. The van der Waals surface area contributed by atoms with Crippen LogP contribution < -0.4 is 15.0 Å². The van der Waals surface area contributed by atoms with Gasteiger partial charge in [0.05, 0.1) is 12.2 Å². The highest BCUT2D eigenvalue weighted by atomic mass is 16.5. The summed E-state index contributed by atoms with van der Waals surface area (Å²) in [6, 6.07) is 15.0. The summed E-state index contributed by atoms with van der Waals surface area (Å²) < 4.78 is 5.49. The SMILES string of the molecule is O=C(NCCN1CCCCC1)c1ccc(CN2C(=O)COc3ccccc32)cc1. The van der Waals surface area contributed by atoms with Gasteiger partial charge in [-0.3, -0.25) is 9.59 Å². The van der Waals surface area contributed by atoms with Gasteiger partial charge in [-0.05, 0) is 55.8 Å². The minimum absolute atomic E-state index is 0.0501. The van der Waals surface area contributed by atoms with E-state index in [-0.39, 0.29) is 18.4 Å². The predicted molar refractivity (Wildman–Crippen MR) is 112 cm³/mol. The van der Waals surface area contributed by atoms with Gasteiger partial charge in [0, 0.05) is 18.7 Å². The van der Waals surface area contributed by atoms with Crippen LogP contribution in [0.3, 0.4) is 0 Å². The van der Waals surface area contributed by atoms with E-state index in [0.717, 1.165) is 36.6 Å². The molecule has 2 aliphatic heterocycles. The van der Waals surface area contributed by atoms with Crippen LogP contribution in [0.4, 0.5) is 5.69 Å². The molecule has 2 aliphatic rings. The lowest BCUT2D eigenvalue weighted by atomic mass is 10.1. The van der Waals surface area contributed by atoms with E-state index in [9.17, 15) is 9.59 Å². The summed E-state index contributed by atoms with van der Waals surface area (Å²) in [5.41, 5.74) is 2.39. The largest absolute Gasteiger partial charge is 0.482 e. The smallest absolute Gasteiger partial charge is 0.265 e. The zero-order valence-electron chi connectivity index (χ0n) is 16.6. The second-order valence-corrected chi connectivity index (χ2v) is 7.59. The zero-order chi connectivity index (χ0) is 20.1. The second-order valence-electron chi connectivity index (χ2n) is 7.59. The lowest BCUT2D eigenvalue weighted by molar-refractivity contribution is -0.121. The maximum atomic E-state index is 12.4. The number of piperidine rings is 1. The Hall–Kier alpha value is -2.86. The molecule has 4 rings (SSSR count). The molecule has 6 nitrogen and oxygen atoms in total. The van der Waals surface area contributed by atoms with Gasteiger partial charge in [0.15, 0.2) is 6.61 Å². The number of nitrogens with one attached hydrogen (secondary N) is 1. The Morgan fingerprint density at radius 3 is 2.55 bits per heavy atom. The van der Waals surface area contributed by atoms with Crippen molar-refractivity contribution < 1.29 is 14.3 Å². The number of carbonyl (C=O) groups excluding carboxylic acids is 2. The number of hydrogen-bond donors (Lipinski definition) is 1. The van der Waals surface area contributed by atoms with Crippen molar-refractivity contribution in [1.29, 1.82) is 0 Å². The third-order valence-corrected chi connectivity index (χ3v) is 5.53. The number of fused-ring (bicyclic) bond motifs is 1. The molecule has 2 heterocycles. The molecule has 1 fully saturated rings. The van der Waals surface area contributed by atoms with Crippen LogP contribution in [0.1, 0.15) is 35.2 Å². The standard InChI is InChI=1S/C23H27N3O3/c27-22-17-29-21-7-3-2-6-20(21)26(22)16-18-8-10-19(11-9-18)23(28)24-12-15-25-13-4-1-5-14-25/h2-3,6-11H,1,4-5,12-17H2,(H,24,28).